The molecule has 1 amide bonds. The largest absolute Gasteiger partial charge is 0.438 e. The number of carbonyl (C=O) groups excluding carboxylic acids is 1. The molecule has 2 aliphatic rings. The van der Waals surface area contributed by atoms with Crippen LogP contribution in [0.3, 0.4) is 0 Å². The third-order valence-corrected chi connectivity index (χ3v) is 6.19. The van der Waals surface area contributed by atoms with E-state index in [0.717, 1.165) is 44.2 Å². The lowest BCUT2D eigenvalue weighted by Crippen LogP contribution is -2.55. The molecule has 0 aliphatic carbocycles. The molecule has 8 heteroatoms. The molecule has 1 N–H and O–H groups in total. The predicted molar refractivity (Wildman–Crippen MR) is 108 cm³/mol. The number of oxazole rings is 1. The summed E-state index contributed by atoms with van der Waals surface area (Å²) in [4.78, 5) is 29.7. The van der Waals surface area contributed by atoms with Crippen LogP contribution in [0, 0.1) is 12.3 Å². The van der Waals surface area contributed by atoms with E-state index in [4.69, 9.17) is 4.42 Å². The Morgan fingerprint density at radius 1 is 1.28 bits per heavy atom. The van der Waals surface area contributed by atoms with Gasteiger partial charge in [0.15, 0.2) is 6.39 Å². The summed E-state index contributed by atoms with van der Waals surface area (Å²) in [6.07, 6.45) is 9.15. The summed E-state index contributed by atoms with van der Waals surface area (Å²) in [5.41, 5.74) is 1.73. The van der Waals surface area contributed by atoms with Gasteiger partial charge in [0, 0.05) is 38.6 Å². The van der Waals surface area contributed by atoms with Crippen molar-refractivity contribution in [2.24, 2.45) is 5.41 Å². The molecule has 4 heterocycles. The molecule has 2 fully saturated rings. The first-order valence-corrected chi connectivity index (χ1v) is 10.4. The van der Waals surface area contributed by atoms with Crippen molar-refractivity contribution in [1.29, 1.82) is 0 Å². The zero-order chi connectivity index (χ0) is 20.4. The lowest BCUT2D eigenvalue weighted by atomic mass is 9.71. The van der Waals surface area contributed by atoms with Crippen LogP contribution in [-0.2, 0) is 6.42 Å². The number of aryl methyl sites for hydroxylation is 2. The topological polar surface area (TPSA) is 95.6 Å². The third kappa shape index (κ3) is 4.12. The van der Waals surface area contributed by atoms with E-state index in [1.165, 1.54) is 6.39 Å². The highest BCUT2D eigenvalue weighted by atomic mass is 16.3. The van der Waals surface area contributed by atoms with Crippen molar-refractivity contribution in [2.45, 2.75) is 52.1 Å². The van der Waals surface area contributed by atoms with Gasteiger partial charge in [0.05, 0.1) is 11.8 Å². The number of aromatic nitrogens is 3. The molecular formula is C21H29N5O3. The number of aliphatic hydroxyl groups excluding tert-OH is 1. The Labute approximate surface area is 171 Å². The van der Waals surface area contributed by atoms with Gasteiger partial charge in [-0.1, -0.05) is 13.3 Å². The van der Waals surface area contributed by atoms with Crippen LogP contribution in [0.5, 0.6) is 0 Å². The van der Waals surface area contributed by atoms with E-state index in [2.05, 4.69) is 26.8 Å². The SMILES string of the molecule is CCCc1cnc(N2CC(O)CC3(CCN(C(=O)c4ocnc4C)CC3)C2)nc1. The molecular weight excluding hydrogens is 370 g/mol. The molecule has 2 aliphatic heterocycles. The number of amides is 1. The van der Waals surface area contributed by atoms with Crippen molar-refractivity contribution in [1.82, 2.24) is 19.9 Å². The highest BCUT2D eigenvalue weighted by Gasteiger charge is 2.43. The molecule has 1 unspecified atom stereocenters. The molecule has 0 radical (unpaired) electrons. The molecule has 2 aromatic rings. The molecule has 0 saturated carbocycles. The number of carbonyl (C=O) groups is 1. The molecule has 156 valence electrons. The number of piperidine rings is 2. The molecule has 2 aromatic heterocycles. The average Bonchev–Trinajstić information content (AvgIpc) is 3.14. The fourth-order valence-electron chi connectivity index (χ4n) is 4.63. The third-order valence-electron chi connectivity index (χ3n) is 6.19. The minimum absolute atomic E-state index is 0.0314. The quantitative estimate of drug-likeness (QED) is 0.842. The van der Waals surface area contributed by atoms with E-state index in [-0.39, 0.29) is 11.3 Å². The Morgan fingerprint density at radius 2 is 2.00 bits per heavy atom. The second-order valence-electron chi connectivity index (χ2n) is 8.44. The van der Waals surface area contributed by atoms with Crippen LogP contribution in [0.2, 0.25) is 0 Å². The van der Waals surface area contributed by atoms with Gasteiger partial charge in [-0.05, 0) is 43.6 Å². The summed E-state index contributed by atoms with van der Waals surface area (Å²) >= 11 is 0. The smallest absolute Gasteiger partial charge is 0.291 e. The minimum Gasteiger partial charge on any atom is -0.438 e. The lowest BCUT2D eigenvalue weighted by molar-refractivity contribution is 0.0231. The number of anilines is 1. The highest BCUT2D eigenvalue weighted by Crippen LogP contribution is 2.41. The summed E-state index contributed by atoms with van der Waals surface area (Å²) < 4.78 is 5.27. The van der Waals surface area contributed by atoms with E-state index in [1.54, 1.807) is 6.92 Å². The second kappa shape index (κ2) is 8.10. The molecule has 0 bridgehead atoms. The molecule has 0 aromatic carbocycles. The standard InChI is InChI=1S/C21H29N5O3/c1-3-4-16-10-22-20(23-11-16)26-12-17(27)9-21(13-26)5-7-25(8-6-21)19(28)18-15(2)24-14-29-18/h10-11,14,17,27H,3-9,12-13H2,1-2H3. The van der Waals surface area contributed by atoms with Gasteiger partial charge in [-0.25, -0.2) is 15.0 Å². The van der Waals surface area contributed by atoms with Crippen molar-refractivity contribution in [2.75, 3.05) is 31.1 Å². The van der Waals surface area contributed by atoms with Gasteiger partial charge in [-0.15, -0.1) is 0 Å². The molecule has 1 spiro atoms. The van der Waals surface area contributed by atoms with E-state index >= 15 is 0 Å². The van der Waals surface area contributed by atoms with Gasteiger partial charge in [0.25, 0.3) is 5.91 Å². The van der Waals surface area contributed by atoms with Gasteiger partial charge >= 0.3 is 0 Å². The number of hydrogen-bond donors (Lipinski definition) is 1. The number of hydrogen-bond acceptors (Lipinski definition) is 7. The minimum atomic E-state index is -0.415. The van der Waals surface area contributed by atoms with Gasteiger partial charge in [-0.3, -0.25) is 4.79 Å². The maximum absolute atomic E-state index is 12.7. The maximum atomic E-state index is 12.7. The number of rotatable bonds is 4. The number of β-amino-alcohol motifs (C(OH)–C–C–N with tert-alkyl or cyclic N) is 1. The first-order valence-electron chi connectivity index (χ1n) is 10.4. The van der Waals surface area contributed by atoms with E-state index in [0.29, 0.717) is 37.0 Å². The zero-order valence-corrected chi connectivity index (χ0v) is 17.2. The van der Waals surface area contributed by atoms with E-state index in [1.807, 2.05) is 17.3 Å². The normalized spacial score (nSPS) is 21.6. The molecule has 29 heavy (non-hydrogen) atoms. The Balaban J connectivity index is 1.43. The van der Waals surface area contributed by atoms with Crippen molar-refractivity contribution < 1.29 is 14.3 Å². The van der Waals surface area contributed by atoms with Crippen molar-refractivity contribution >= 4 is 11.9 Å². The van der Waals surface area contributed by atoms with E-state index in [9.17, 15) is 9.90 Å². The summed E-state index contributed by atoms with van der Waals surface area (Å²) in [7, 11) is 0. The van der Waals surface area contributed by atoms with Gasteiger partial charge < -0.3 is 19.3 Å². The van der Waals surface area contributed by atoms with Crippen LogP contribution in [0.1, 0.15) is 54.4 Å². The van der Waals surface area contributed by atoms with E-state index < -0.39 is 6.10 Å². The number of nitrogens with zero attached hydrogens (tertiary/aromatic N) is 5. The highest BCUT2D eigenvalue weighted by molar-refractivity contribution is 5.92. The first kappa shape index (κ1) is 19.8. The maximum Gasteiger partial charge on any atom is 0.291 e. The second-order valence-corrected chi connectivity index (χ2v) is 8.44. The number of likely N-dealkylation sites (tertiary alicyclic amines) is 1. The summed E-state index contributed by atoms with van der Waals surface area (Å²) in [6, 6.07) is 0. The van der Waals surface area contributed by atoms with Crippen LogP contribution in [-0.4, -0.2) is 63.1 Å². The fraction of sp³-hybridized carbons (Fsp3) is 0.619. The molecule has 1 atom stereocenters. The van der Waals surface area contributed by atoms with Crippen LogP contribution in [0.4, 0.5) is 5.95 Å². The van der Waals surface area contributed by atoms with Gasteiger partial charge in [0.1, 0.15) is 0 Å². The Hall–Kier alpha value is -2.48. The Kier molecular flexibility index (Phi) is 5.54. The average molecular weight is 399 g/mol. The monoisotopic (exact) mass is 399 g/mol. The van der Waals surface area contributed by atoms with Crippen molar-refractivity contribution in [3.8, 4) is 0 Å². The van der Waals surface area contributed by atoms with Crippen LogP contribution in [0.15, 0.2) is 23.2 Å². The van der Waals surface area contributed by atoms with Crippen LogP contribution < -0.4 is 4.90 Å². The van der Waals surface area contributed by atoms with Crippen molar-refractivity contribution in [3.05, 3.63) is 35.8 Å². The zero-order valence-electron chi connectivity index (χ0n) is 17.2. The van der Waals surface area contributed by atoms with Crippen molar-refractivity contribution in [3.63, 3.8) is 0 Å². The Morgan fingerprint density at radius 3 is 2.62 bits per heavy atom. The summed E-state index contributed by atoms with van der Waals surface area (Å²) in [5, 5.41) is 10.6. The fourth-order valence-corrected chi connectivity index (χ4v) is 4.63. The molecule has 4 rings (SSSR count). The van der Waals surface area contributed by atoms with Gasteiger partial charge in [0.2, 0.25) is 11.7 Å². The molecule has 2 saturated heterocycles. The first-order chi connectivity index (χ1) is 14.0. The lowest BCUT2D eigenvalue weighted by Gasteiger charge is -2.49. The number of aliphatic hydroxyl groups is 1. The van der Waals surface area contributed by atoms with Crippen LogP contribution >= 0.6 is 0 Å². The van der Waals surface area contributed by atoms with Crippen LogP contribution in [0.25, 0.3) is 0 Å². The van der Waals surface area contributed by atoms with Gasteiger partial charge in [-0.2, -0.15) is 0 Å². The predicted octanol–water partition coefficient (Wildman–Crippen LogP) is 2.22. The Bertz CT molecular complexity index is 842. The molecule has 8 nitrogen and oxygen atoms in total. The summed E-state index contributed by atoms with van der Waals surface area (Å²) in [5.74, 6) is 0.906. The summed E-state index contributed by atoms with van der Waals surface area (Å²) in [6.45, 7) is 6.57.